The number of pyridine rings is 1. The fourth-order valence-corrected chi connectivity index (χ4v) is 3.24. The van der Waals surface area contributed by atoms with Gasteiger partial charge in [-0.15, -0.1) is 0 Å². The van der Waals surface area contributed by atoms with E-state index in [1.807, 2.05) is 0 Å². The minimum Gasteiger partial charge on any atom is -0.489 e. The lowest BCUT2D eigenvalue weighted by atomic mass is 10.2. The van der Waals surface area contributed by atoms with Gasteiger partial charge in [-0.3, -0.25) is 10.8 Å². The Hall–Kier alpha value is -1.91. The number of halogens is 3. The number of nitrogens with two attached hydrogens (primary N) is 1. The standard InChI is InChI=1S/C17H17Cl2FN4O3S/c1-26-17-12(19)2-8(5-24-17)15(22)28-16(23)10-3-13(20)14(4-11(10)18)27-7-9(21)6-25/h2-5,9,22-23,25H,6-7,21H2,1H3. The SMILES string of the molecule is COc1ncc(C(=N)SC(=N)c2cc(F)c(OCC(N)CO)cc2Cl)cc1Cl. The van der Waals surface area contributed by atoms with Crippen molar-refractivity contribution in [1.82, 2.24) is 4.98 Å². The second kappa shape index (κ2) is 10.0. The lowest BCUT2D eigenvalue weighted by Gasteiger charge is -2.13. The van der Waals surface area contributed by atoms with Crippen molar-refractivity contribution >= 4 is 45.1 Å². The molecule has 0 aliphatic rings. The maximum atomic E-state index is 14.3. The predicted molar refractivity (Wildman–Crippen MR) is 109 cm³/mol. The molecule has 2 aromatic rings. The highest BCUT2D eigenvalue weighted by Gasteiger charge is 2.17. The molecule has 1 aromatic carbocycles. The number of aromatic nitrogens is 1. The van der Waals surface area contributed by atoms with Crippen molar-refractivity contribution in [2.45, 2.75) is 6.04 Å². The number of hydrogen-bond acceptors (Lipinski definition) is 8. The summed E-state index contributed by atoms with van der Waals surface area (Å²) in [5, 5.41) is 25.3. The van der Waals surface area contributed by atoms with Gasteiger partial charge in [-0.1, -0.05) is 35.0 Å². The van der Waals surface area contributed by atoms with E-state index in [1.165, 1.54) is 25.4 Å². The molecular formula is C17H17Cl2FN4O3S. The number of ether oxygens (including phenoxy) is 2. The van der Waals surface area contributed by atoms with Gasteiger partial charge in [-0.05, 0) is 12.1 Å². The molecule has 1 unspecified atom stereocenters. The molecule has 0 bridgehead atoms. The first-order valence-corrected chi connectivity index (χ1v) is 9.37. The first-order valence-electron chi connectivity index (χ1n) is 7.80. The van der Waals surface area contributed by atoms with Crippen molar-refractivity contribution in [3.05, 3.63) is 51.4 Å². The van der Waals surface area contributed by atoms with Crippen molar-refractivity contribution in [3.8, 4) is 11.6 Å². The molecule has 1 heterocycles. The highest BCUT2D eigenvalue weighted by Crippen LogP contribution is 2.31. The molecular weight excluding hydrogens is 430 g/mol. The van der Waals surface area contributed by atoms with E-state index in [4.69, 9.17) is 54.3 Å². The molecule has 2 rings (SSSR count). The molecule has 0 fully saturated rings. The van der Waals surface area contributed by atoms with Gasteiger partial charge in [-0.25, -0.2) is 9.37 Å². The van der Waals surface area contributed by atoms with Gasteiger partial charge in [0.1, 0.15) is 21.7 Å². The zero-order valence-corrected chi connectivity index (χ0v) is 17.0. The van der Waals surface area contributed by atoms with Crippen LogP contribution >= 0.6 is 35.0 Å². The molecule has 0 aliphatic heterocycles. The van der Waals surface area contributed by atoms with E-state index < -0.39 is 11.9 Å². The molecule has 1 atom stereocenters. The van der Waals surface area contributed by atoms with Crippen LogP contribution in [0.2, 0.25) is 10.0 Å². The van der Waals surface area contributed by atoms with Gasteiger partial charge in [0.25, 0.3) is 0 Å². The summed E-state index contributed by atoms with van der Waals surface area (Å²) in [7, 11) is 1.42. The normalized spacial score (nSPS) is 11.8. The summed E-state index contributed by atoms with van der Waals surface area (Å²) < 4.78 is 24.4. The molecule has 0 amide bonds. The summed E-state index contributed by atoms with van der Waals surface area (Å²) in [6, 6.07) is 3.10. The van der Waals surface area contributed by atoms with Crippen LogP contribution in [0.3, 0.4) is 0 Å². The molecule has 5 N–H and O–H groups in total. The molecule has 0 saturated carbocycles. The Kier molecular flexibility index (Phi) is 8.02. The molecule has 0 saturated heterocycles. The van der Waals surface area contributed by atoms with Crippen LogP contribution in [0.15, 0.2) is 24.4 Å². The topological polar surface area (TPSA) is 125 Å². The first kappa shape index (κ1) is 22.4. The highest BCUT2D eigenvalue weighted by molar-refractivity contribution is 8.27. The highest BCUT2D eigenvalue weighted by atomic mass is 35.5. The van der Waals surface area contributed by atoms with Crippen molar-refractivity contribution in [3.63, 3.8) is 0 Å². The Balaban J connectivity index is 2.14. The number of nitrogens with one attached hydrogen (secondary N) is 2. The lowest BCUT2D eigenvalue weighted by molar-refractivity contribution is 0.202. The Labute approximate surface area is 175 Å². The number of rotatable bonds is 7. The number of aliphatic hydroxyl groups is 1. The van der Waals surface area contributed by atoms with E-state index >= 15 is 0 Å². The van der Waals surface area contributed by atoms with Gasteiger partial charge in [-0.2, -0.15) is 0 Å². The van der Waals surface area contributed by atoms with Crippen LogP contribution in [0.4, 0.5) is 4.39 Å². The number of thioether (sulfide) groups is 1. The third-order valence-corrected chi connectivity index (χ3v) is 4.87. The Morgan fingerprint density at radius 3 is 2.61 bits per heavy atom. The number of nitrogens with zero attached hydrogens (tertiary/aromatic N) is 1. The van der Waals surface area contributed by atoms with E-state index in [2.05, 4.69) is 4.98 Å². The molecule has 11 heteroatoms. The second-order valence-corrected chi connectivity index (χ2v) is 7.33. The second-order valence-electron chi connectivity index (χ2n) is 5.49. The predicted octanol–water partition coefficient (Wildman–Crippen LogP) is 3.32. The summed E-state index contributed by atoms with van der Waals surface area (Å²) in [6.07, 6.45) is 1.39. The molecule has 1 aromatic heterocycles. The van der Waals surface area contributed by atoms with E-state index in [0.29, 0.717) is 5.56 Å². The minimum absolute atomic E-state index is 0.0206. The summed E-state index contributed by atoms with van der Waals surface area (Å²) in [6.45, 7) is -0.397. The van der Waals surface area contributed by atoms with Crippen molar-refractivity contribution in [1.29, 1.82) is 10.8 Å². The van der Waals surface area contributed by atoms with Crippen LogP contribution in [0.1, 0.15) is 11.1 Å². The quantitative estimate of drug-likeness (QED) is 0.381. The van der Waals surface area contributed by atoms with Crippen LogP contribution in [0.25, 0.3) is 0 Å². The molecule has 150 valence electrons. The molecule has 0 aliphatic carbocycles. The van der Waals surface area contributed by atoms with Crippen LogP contribution in [-0.4, -0.2) is 46.5 Å². The number of benzene rings is 1. The number of aliphatic hydroxyl groups excluding tert-OH is 1. The third kappa shape index (κ3) is 5.55. The monoisotopic (exact) mass is 446 g/mol. The van der Waals surface area contributed by atoms with Gasteiger partial charge >= 0.3 is 0 Å². The molecule has 28 heavy (non-hydrogen) atoms. The first-order chi connectivity index (χ1) is 13.3. The maximum absolute atomic E-state index is 14.3. The average molecular weight is 447 g/mol. The fourth-order valence-electron chi connectivity index (χ4n) is 1.98. The smallest absolute Gasteiger partial charge is 0.232 e. The lowest BCUT2D eigenvalue weighted by Crippen LogP contribution is -2.31. The minimum atomic E-state index is -0.740. The van der Waals surface area contributed by atoms with Crippen LogP contribution in [0, 0.1) is 16.6 Å². The van der Waals surface area contributed by atoms with Crippen molar-refractivity contribution in [2.75, 3.05) is 20.3 Å². The average Bonchev–Trinajstić information content (AvgIpc) is 2.67. The Morgan fingerprint density at radius 2 is 2.00 bits per heavy atom. The molecule has 7 nitrogen and oxygen atoms in total. The van der Waals surface area contributed by atoms with E-state index in [9.17, 15) is 4.39 Å². The summed E-state index contributed by atoms with van der Waals surface area (Å²) in [5.41, 5.74) is 5.98. The van der Waals surface area contributed by atoms with Gasteiger partial charge in [0.05, 0.1) is 24.8 Å². The van der Waals surface area contributed by atoms with Crippen molar-refractivity contribution in [2.24, 2.45) is 5.73 Å². The summed E-state index contributed by atoms with van der Waals surface area (Å²) >= 11 is 12.9. The van der Waals surface area contributed by atoms with Gasteiger partial charge in [0.15, 0.2) is 11.6 Å². The van der Waals surface area contributed by atoms with Gasteiger partial charge < -0.3 is 20.3 Å². The van der Waals surface area contributed by atoms with Crippen LogP contribution in [-0.2, 0) is 0 Å². The van der Waals surface area contributed by atoms with Crippen molar-refractivity contribution < 1.29 is 19.0 Å². The van der Waals surface area contributed by atoms with E-state index in [-0.39, 0.29) is 50.5 Å². The summed E-state index contributed by atoms with van der Waals surface area (Å²) in [4.78, 5) is 3.97. The van der Waals surface area contributed by atoms with Crippen LogP contribution < -0.4 is 15.2 Å². The third-order valence-electron chi connectivity index (χ3n) is 3.42. The Bertz CT molecular complexity index is 901. The Morgan fingerprint density at radius 1 is 1.29 bits per heavy atom. The number of methoxy groups -OCH3 is 1. The largest absolute Gasteiger partial charge is 0.489 e. The van der Waals surface area contributed by atoms with Gasteiger partial charge in [0, 0.05) is 23.4 Å². The molecule has 0 spiro atoms. The maximum Gasteiger partial charge on any atom is 0.232 e. The van der Waals surface area contributed by atoms with Gasteiger partial charge in [0.2, 0.25) is 5.88 Å². The molecule has 0 radical (unpaired) electrons. The fraction of sp³-hybridized carbons (Fsp3) is 0.235. The van der Waals surface area contributed by atoms with Crippen LogP contribution in [0.5, 0.6) is 11.6 Å². The summed E-state index contributed by atoms with van der Waals surface area (Å²) in [5.74, 6) is -0.660. The van der Waals surface area contributed by atoms with E-state index in [0.717, 1.165) is 17.8 Å². The zero-order chi connectivity index (χ0) is 20.8. The zero-order valence-electron chi connectivity index (χ0n) is 14.6. The number of hydrogen-bond donors (Lipinski definition) is 4. The van der Waals surface area contributed by atoms with E-state index in [1.54, 1.807) is 0 Å².